The molecule has 0 spiro atoms. The van der Waals surface area contributed by atoms with Gasteiger partial charge in [0.2, 0.25) is 0 Å². The molecule has 8 heteroatoms. The number of thioether (sulfide) groups is 1. The lowest BCUT2D eigenvalue weighted by molar-refractivity contribution is -0.136. The predicted molar refractivity (Wildman–Crippen MR) is 83.4 cm³/mol. The maximum Gasteiger partial charge on any atom is 0.294 e. The molecule has 1 aliphatic rings. The molecule has 2 rings (SSSR count). The molecule has 0 radical (unpaired) electrons. The minimum absolute atomic E-state index is 0.109. The predicted octanol–water partition coefficient (Wildman–Crippen LogP) is 2.10. The van der Waals surface area contributed by atoms with Gasteiger partial charge in [-0.3, -0.25) is 24.1 Å². The Morgan fingerprint density at radius 1 is 1.35 bits per heavy atom. The second-order valence-electron chi connectivity index (χ2n) is 4.44. The summed E-state index contributed by atoms with van der Waals surface area (Å²) in [5.41, 5.74) is 2.67. The summed E-state index contributed by atoms with van der Waals surface area (Å²) < 4.78 is 12.9. The van der Waals surface area contributed by atoms with E-state index in [0.717, 1.165) is 16.7 Å². The fraction of sp³-hybridized carbons (Fsp3) is 0.133. The van der Waals surface area contributed by atoms with Gasteiger partial charge in [-0.1, -0.05) is 18.2 Å². The smallest absolute Gasteiger partial charge is 0.271 e. The number of halogens is 1. The first-order chi connectivity index (χ1) is 11.0. The van der Waals surface area contributed by atoms with E-state index < -0.39 is 29.4 Å². The zero-order valence-electron chi connectivity index (χ0n) is 12.0. The third-order valence-electron chi connectivity index (χ3n) is 2.73. The Bertz CT molecular complexity index is 673. The van der Waals surface area contributed by atoms with Crippen molar-refractivity contribution in [3.63, 3.8) is 0 Å². The Kier molecular flexibility index (Phi) is 5.67. The zero-order chi connectivity index (χ0) is 16.8. The van der Waals surface area contributed by atoms with E-state index in [-0.39, 0.29) is 11.5 Å². The van der Waals surface area contributed by atoms with Crippen molar-refractivity contribution >= 4 is 34.9 Å². The van der Waals surface area contributed by atoms with Gasteiger partial charge in [-0.05, 0) is 35.5 Å². The number of carbonyl (C=O) groups is 3. The van der Waals surface area contributed by atoms with Gasteiger partial charge in [0.05, 0.1) is 11.5 Å². The Morgan fingerprint density at radius 2 is 2.04 bits per heavy atom. The van der Waals surface area contributed by atoms with Gasteiger partial charge in [-0.25, -0.2) is 9.87 Å². The third-order valence-corrected chi connectivity index (χ3v) is 3.64. The monoisotopic (exact) mass is 336 g/mol. The highest BCUT2D eigenvalue weighted by Gasteiger charge is 2.36. The van der Waals surface area contributed by atoms with E-state index in [4.69, 9.17) is 4.84 Å². The van der Waals surface area contributed by atoms with Crippen molar-refractivity contribution in [1.29, 1.82) is 0 Å². The molecular formula is C15H13FN2O4S. The number of hydroxylamine groups is 1. The zero-order valence-corrected chi connectivity index (χ0v) is 12.8. The molecule has 0 unspecified atom stereocenters. The van der Waals surface area contributed by atoms with Crippen molar-refractivity contribution in [1.82, 2.24) is 10.4 Å². The van der Waals surface area contributed by atoms with Crippen molar-refractivity contribution in [2.75, 3.05) is 13.2 Å². The summed E-state index contributed by atoms with van der Waals surface area (Å²) in [6.45, 7) is 3.08. The first-order valence-electron chi connectivity index (χ1n) is 6.53. The standard InChI is InChI=1S/C15H13FN2O4S/c1-2-7-22-17-13(19)9-18-14(20)12(23-15(18)21)8-10-3-5-11(16)6-4-10/h2-6,8H,1,7,9H2,(H,17,19)/b12-8-. The first-order valence-corrected chi connectivity index (χ1v) is 7.35. The number of imide groups is 1. The van der Waals surface area contributed by atoms with Crippen molar-refractivity contribution < 1.29 is 23.6 Å². The molecule has 6 nitrogen and oxygen atoms in total. The molecule has 1 heterocycles. The Morgan fingerprint density at radius 3 is 2.70 bits per heavy atom. The van der Waals surface area contributed by atoms with E-state index in [2.05, 4.69) is 12.1 Å². The number of nitrogens with one attached hydrogen (secondary N) is 1. The lowest BCUT2D eigenvalue weighted by Gasteiger charge is -2.11. The van der Waals surface area contributed by atoms with Crippen LogP contribution in [0, 0.1) is 5.82 Å². The second kappa shape index (κ2) is 7.70. The summed E-state index contributed by atoms with van der Waals surface area (Å²) >= 11 is 0.719. The van der Waals surface area contributed by atoms with Gasteiger partial charge in [0.25, 0.3) is 17.1 Å². The Balaban J connectivity index is 2.03. The average Bonchev–Trinajstić information content (AvgIpc) is 2.77. The van der Waals surface area contributed by atoms with Crippen molar-refractivity contribution in [2.45, 2.75) is 0 Å². The first kappa shape index (κ1) is 16.9. The molecule has 1 aromatic rings. The quantitative estimate of drug-likeness (QED) is 0.373. The van der Waals surface area contributed by atoms with Crippen LogP contribution in [0.15, 0.2) is 41.8 Å². The third kappa shape index (κ3) is 4.51. The van der Waals surface area contributed by atoms with Crippen LogP contribution in [0.2, 0.25) is 0 Å². The van der Waals surface area contributed by atoms with Crippen molar-refractivity contribution in [2.24, 2.45) is 0 Å². The second-order valence-corrected chi connectivity index (χ2v) is 5.44. The van der Waals surface area contributed by atoms with E-state index in [9.17, 15) is 18.8 Å². The lowest BCUT2D eigenvalue weighted by atomic mass is 10.2. The molecule has 1 fully saturated rings. The molecule has 120 valence electrons. The fourth-order valence-electron chi connectivity index (χ4n) is 1.70. The average molecular weight is 336 g/mol. The number of benzene rings is 1. The molecule has 1 saturated heterocycles. The van der Waals surface area contributed by atoms with Gasteiger partial charge in [0, 0.05) is 0 Å². The lowest BCUT2D eigenvalue weighted by Crippen LogP contribution is -2.39. The maximum atomic E-state index is 12.9. The Labute approximate surface area is 135 Å². The van der Waals surface area contributed by atoms with E-state index in [1.165, 1.54) is 36.4 Å². The number of nitrogens with zero attached hydrogens (tertiary/aromatic N) is 1. The molecule has 1 aliphatic heterocycles. The largest absolute Gasteiger partial charge is 0.294 e. The van der Waals surface area contributed by atoms with Crippen molar-refractivity contribution in [3.8, 4) is 0 Å². The molecule has 1 aromatic carbocycles. The van der Waals surface area contributed by atoms with Crippen LogP contribution >= 0.6 is 11.8 Å². The van der Waals surface area contributed by atoms with Gasteiger partial charge in [0.15, 0.2) is 0 Å². The molecular weight excluding hydrogens is 323 g/mol. The van der Waals surface area contributed by atoms with Gasteiger partial charge in [-0.15, -0.1) is 6.58 Å². The van der Waals surface area contributed by atoms with Crippen LogP contribution in [0.5, 0.6) is 0 Å². The number of hydrogen-bond donors (Lipinski definition) is 1. The van der Waals surface area contributed by atoms with Gasteiger partial charge < -0.3 is 0 Å². The van der Waals surface area contributed by atoms with Crippen LogP contribution in [0.3, 0.4) is 0 Å². The maximum absolute atomic E-state index is 12.9. The topological polar surface area (TPSA) is 75.7 Å². The van der Waals surface area contributed by atoms with Gasteiger partial charge >= 0.3 is 0 Å². The fourth-order valence-corrected chi connectivity index (χ4v) is 2.54. The van der Waals surface area contributed by atoms with E-state index in [1.807, 2.05) is 0 Å². The normalized spacial score (nSPS) is 16.0. The summed E-state index contributed by atoms with van der Waals surface area (Å²) in [7, 11) is 0. The highest BCUT2D eigenvalue weighted by atomic mass is 32.2. The molecule has 3 amide bonds. The van der Waals surface area contributed by atoms with Crippen LogP contribution in [-0.4, -0.2) is 35.1 Å². The van der Waals surface area contributed by atoms with Gasteiger partial charge in [-0.2, -0.15) is 0 Å². The highest BCUT2D eigenvalue weighted by molar-refractivity contribution is 8.18. The molecule has 0 aromatic heterocycles. The highest BCUT2D eigenvalue weighted by Crippen LogP contribution is 2.31. The summed E-state index contributed by atoms with van der Waals surface area (Å²) in [6, 6.07) is 5.47. The summed E-state index contributed by atoms with van der Waals surface area (Å²) in [6.07, 6.45) is 2.91. The molecule has 23 heavy (non-hydrogen) atoms. The summed E-state index contributed by atoms with van der Waals surface area (Å²) in [4.78, 5) is 41.3. The minimum atomic E-state index is -0.628. The summed E-state index contributed by atoms with van der Waals surface area (Å²) in [5.74, 6) is -1.60. The Hall–Kier alpha value is -2.45. The van der Waals surface area contributed by atoms with E-state index in [0.29, 0.717) is 5.56 Å². The molecule has 0 aliphatic carbocycles. The van der Waals surface area contributed by atoms with Crippen LogP contribution in [-0.2, 0) is 14.4 Å². The van der Waals surface area contributed by atoms with Crippen LogP contribution in [0.1, 0.15) is 5.56 Å². The summed E-state index contributed by atoms with van der Waals surface area (Å²) in [5, 5.41) is -0.553. The number of rotatable bonds is 6. The number of amides is 3. The van der Waals surface area contributed by atoms with Crippen LogP contribution < -0.4 is 5.48 Å². The van der Waals surface area contributed by atoms with Crippen LogP contribution in [0.25, 0.3) is 6.08 Å². The number of carbonyl (C=O) groups excluding carboxylic acids is 3. The molecule has 1 N–H and O–H groups in total. The SMILES string of the molecule is C=CCONC(=O)CN1C(=O)S/C(=C\c2ccc(F)cc2)C1=O. The molecule has 0 bridgehead atoms. The van der Waals surface area contributed by atoms with E-state index >= 15 is 0 Å². The van der Waals surface area contributed by atoms with Crippen LogP contribution in [0.4, 0.5) is 9.18 Å². The number of hydrogen-bond acceptors (Lipinski definition) is 5. The van der Waals surface area contributed by atoms with Gasteiger partial charge in [0.1, 0.15) is 12.4 Å². The molecule has 0 atom stereocenters. The van der Waals surface area contributed by atoms with Crippen molar-refractivity contribution in [3.05, 3.63) is 53.2 Å². The minimum Gasteiger partial charge on any atom is -0.271 e. The van der Waals surface area contributed by atoms with E-state index in [1.54, 1.807) is 0 Å². The molecule has 0 saturated carbocycles.